The van der Waals surface area contributed by atoms with Crippen molar-refractivity contribution in [2.24, 2.45) is 7.05 Å². The molecule has 9 heteroatoms. The van der Waals surface area contributed by atoms with Gasteiger partial charge in [0.15, 0.2) is 11.0 Å². The zero-order chi connectivity index (χ0) is 17.7. The second-order valence-electron chi connectivity index (χ2n) is 5.34. The van der Waals surface area contributed by atoms with E-state index in [2.05, 4.69) is 20.8 Å². The number of hydrogen-bond acceptors (Lipinski definition) is 5. The van der Waals surface area contributed by atoms with Crippen LogP contribution in [0.2, 0.25) is 0 Å². The van der Waals surface area contributed by atoms with Crippen molar-refractivity contribution in [1.82, 2.24) is 25.4 Å². The molecule has 0 bridgehead atoms. The summed E-state index contributed by atoms with van der Waals surface area (Å²) in [4.78, 5) is 23.2. The van der Waals surface area contributed by atoms with Crippen LogP contribution in [-0.4, -0.2) is 38.5 Å². The van der Waals surface area contributed by atoms with Crippen molar-refractivity contribution < 1.29 is 14.0 Å². The van der Waals surface area contributed by atoms with Gasteiger partial charge in [0.2, 0.25) is 5.91 Å². The summed E-state index contributed by atoms with van der Waals surface area (Å²) in [7, 11) is 1.75. The van der Waals surface area contributed by atoms with E-state index in [0.717, 1.165) is 17.3 Å². The largest absolute Gasteiger partial charge is 0.336 e. The molecule has 1 heterocycles. The number of thioether (sulfide) groups is 1. The van der Waals surface area contributed by atoms with Gasteiger partial charge in [0.05, 0.1) is 5.75 Å². The summed E-state index contributed by atoms with van der Waals surface area (Å²) in [5.74, 6) is -0.159. The fourth-order valence-corrected chi connectivity index (χ4v) is 2.59. The molecule has 128 valence electrons. The predicted molar refractivity (Wildman–Crippen MR) is 88.9 cm³/mol. The number of rotatable bonds is 5. The Kier molecular flexibility index (Phi) is 5.91. The molecule has 0 atom stereocenters. The van der Waals surface area contributed by atoms with Crippen molar-refractivity contribution >= 4 is 23.7 Å². The summed E-state index contributed by atoms with van der Waals surface area (Å²) in [6.45, 7) is 3.60. The first-order chi connectivity index (χ1) is 11.4. The van der Waals surface area contributed by atoms with Gasteiger partial charge in [0, 0.05) is 18.7 Å². The van der Waals surface area contributed by atoms with E-state index in [1.165, 1.54) is 12.1 Å². The Morgan fingerprint density at radius 3 is 2.54 bits per heavy atom. The summed E-state index contributed by atoms with van der Waals surface area (Å²) in [6, 6.07) is 5.32. The minimum absolute atomic E-state index is 0.0287. The Labute approximate surface area is 143 Å². The average Bonchev–Trinajstić information content (AvgIpc) is 2.86. The Bertz CT molecular complexity index is 730. The zero-order valence-corrected chi connectivity index (χ0v) is 14.4. The highest BCUT2D eigenvalue weighted by Gasteiger charge is 2.14. The molecule has 0 aliphatic carbocycles. The molecule has 0 aliphatic heterocycles. The Hall–Kier alpha value is -2.42. The SMILES string of the molecule is CC(C)NC(=O)NC(=O)CSc1nnc(-c2ccc(F)cc2)n1C. The predicted octanol–water partition coefficient (Wildman–Crippen LogP) is 1.95. The summed E-state index contributed by atoms with van der Waals surface area (Å²) in [5, 5.41) is 13.4. The molecule has 0 fully saturated rings. The van der Waals surface area contributed by atoms with E-state index in [4.69, 9.17) is 0 Å². The monoisotopic (exact) mass is 351 g/mol. The normalized spacial score (nSPS) is 10.7. The number of carbonyl (C=O) groups excluding carboxylic acids is 2. The van der Waals surface area contributed by atoms with Crippen LogP contribution in [0.4, 0.5) is 9.18 Å². The quantitative estimate of drug-likeness (QED) is 0.804. The number of urea groups is 1. The van der Waals surface area contributed by atoms with Crippen molar-refractivity contribution in [3.8, 4) is 11.4 Å². The molecule has 0 saturated heterocycles. The first-order valence-corrected chi connectivity index (χ1v) is 8.24. The number of imide groups is 1. The molecule has 1 aromatic carbocycles. The molecule has 0 radical (unpaired) electrons. The lowest BCUT2D eigenvalue weighted by molar-refractivity contribution is -0.117. The molecule has 2 rings (SSSR count). The fraction of sp³-hybridized carbons (Fsp3) is 0.333. The molecule has 24 heavy (non-hydrogen) atoms. The lowest BCUT2D eigenvalue weighted by Crippen LogP contribution is -2.43. The van der Waals surface area contributed by atoms with E-state index in [9.17, 15) is 14.0 Å². The number of nitrogens with one attached hydrogen (secondary N) is 2. The van der Waals surface area contributed by atoms with E-state index in [0.29, 0.717) is 11.0 Å². The van der Waals surface area contributed by atoms with Gasteiger partial charge in [-0.2, -0.15) is 0 Å². The molecule has 0 spiro atoms. The van der Waals surface area contributed by atoms with Gasteiger partial charge in [-0.25, -0.2) is 9.18 Å². The first-order valence-electron chi connectivity index (χ1n) is 7.25. The molecule has 0 saturated carbocycles. The average molecular weight is 351 g/mol. The third-order valence-electron chi connectivity index (χ3n) is 2.94. The van der Waals surface area contributed by atoms with Crippen molar-refractivity contribution in [3.63, 3.8) is 0 Å². The summed E-state index contributed by atoms with van der Waals surface area (Å²) in [6.07, 6.45) is 0. The molecule has 0 aliphatic rings. The van der Waals surface area contributed by atoms with Gasteiger partial charge in [-0.3, -0.25) is 10.1 Å². The topological polar surface area (TPSA) is 88.9 Å². The van der Waals surface area contributed by atoms with Gasteiger partial charge < -0.3 is 9.88 Å². The van der Waals surface area contributed by atoms with E-state index in [1.807, 2.05) is 0 Å². The van der Waals surface area contributed by atoms with Crippen LogP contribution in [0.1, 0.15) is 13.8 Å². The molecular formula is C15H18FN5O2S. The zero-order valence-electron chi connectivity index (χ0n) is 13.5. The maximum atomic E-state index is 13.0. The lowest BCUT2D eigenvalue weighted by atomic mass is 10.2. The maximum absolute atomic E-state index is 13.0. The highest BCUT2D eigenvalue weighted by atomic mass is 32.2. The van der Waals surface area contributed by atoms with E-state index >= 15 is 0 Å². The standard InChI is InChI=1S/C15H18FN5O2S/c1-9(2)17-14(23)18-12(22)8-24-15-20-19-13(21(15)3)10-4-6-11(16)7-5-10/h4-7,9H,8H2,1-3H3,(H2,17,18,22,23). The second-order valence-corrected chi connectivity index (χ2v) is 6.28. The van der Waals surface area contributed by atoms with Gasteiger partial charge in [0.25, 0.3) is 0 Å². The Balaban J connectivity index is 1.95. The number of carbonyl (C=O) groups is 2. The van der Waals surface area contributed by atoms with Crippen LogP contribution < -0.4 is 10.6 Å². The summed E-state index contributed by atoms with van der Waals surface area (Å²) >= 11 is 1.16. The third kappa shape index (κ3) is 4.79. The first kappa shape index (κ1) is 17.9. The molecule has 0 unspecified atom stereocenters. The minimum atomic E-state index is -0.527. The molecule has 3 amide bonds. The second kappa shape index (κ2) is 7.91. The number of benzene rings is 1. The van der Waals surface area contributed by atoms with Gasteiger partial charge in [-0.1, -0.05) is 11.8 Å². The van der Waals surface area contributed by atoms with Crippen molar-refractivity contribution in [1.29, 1.82) is 0 Å². The van der Waals surface area contributed by atoms with Crippen LogP contribution in [-0.2, 0) is 11.8 Å². The van der Waals surface area contributed by atoms with Crippen LogP contribution in [0.15, 0.2) is 29.4 Å². The van der Waals surface area contributed by atoms with Gasteiger partial charge in [0.1, 0.15) is 5.82 Å². The van der Waals surface area contributed by atoms with Crippen LogP contribution in [0.3, 0.4) is 0 Å². The number of nitrogens with zero attached hydrogens (tertiary/aromatic N) is 3. The summed E-state index contributed by atoms with van der Waals surface area (Å²) < 4.78 is 14.7. The number of amides is 3. The van der Waals surface area contributed by atoms with Crippen LogP contribution in [0, 0.1) is 5.82 Å². The van der Waals surface area contributed by atoms with E-state index < -0.39 is 11.9 Å². The molecular weight excluding hydrogens is 333 g/mol. The highest BCUT2D eigenvalue weighted by Crippen LogP contribution is 2.22. The lowest BCUT2D eigenvalue weighted by Gasteiger charge is -2.08. The molecule has 1 aromatic heterocycles. The van der Waals surface area contributed by atoms with Crippen molar-refractivity contribution in [2.75, 3.05) is 5.75 Å². The van der Waals surface area contributed by atoms with Crippen LogP contribution >= 0.6 is 11.8 Å². The van der Waals surface area contributed by atoms with Gasteiger partial charge in [-0.15, -0.1) is 10.2 Å². The van der Waals surface area contributed by atoms with Crippen LogP contribution in [0.25, 0.3) is 11.4 Å². The number of hydrogen-bond donors (Lipinski definition) is 2. The van der Waals surface area contributed by atoms with Crippen molar-refractivity contribution in [2.45, 2.75) is 25.0 Å². The molecule has 2 aromatic rings. The van der Waals surface area contributed by atoms with Crippen LogP contribution in [0.5, 0.6) is 0 Å². The highest BCUT2D eigenvalue weighted by molar-refractivity contribution is 7.99. The Morgan fingerprint density at radius 1 is 1.25 bits per heavy atom. The van der Waals surface area contributed by atoms with E-state index in [1.54, 1.807) is 37.6 Å². The smallest absolute Gasteiger partial charge is 0.321 e. The van der Waals surface area contributed by atoms with Gasteiger partial charge >= 0.3 is 6.03 Å². The summed E-state index contributed by atoms with van der Waals surface area (Å²) in [5.41, 5.74) is 0.721. The van der Waals surface area contributed by atoms with Gasteiger partial charge in [-0.05, 0) is 38.1 Å². The molecule has 7 nitrogen and oxygen atoms in total. The maximum Gasteiger partial charge on any atom is 0.321 e. The number of halogens is 1. The molecule has 2 N–H and O–H groups in total. The van der Waals surface area contributed by atoms with Crippen molar-refractivity contribution in [3.05, 3.63) is 30.1 Å². The Morgan fingerprint density at radius 2 is 1.92 bits per heavy atom. The minimum Gasteiger partial charge on any atom is -0.336 e. The number of aromatic nitrogens is 3. The third-order valence-corrected chi connectivity index (χ3v) is 3.96. The fourth-order valence-electron chi connectivity index (χ4n) is 1.88. The van der Waals surface area contributed by atoms with E-state index in [-0.39, 0.29) is 17.6 Å².